The van der Waals surface area contributed by atoms with E-state index in [0.717, 1.165) is 24.4 Å². The molecule has 1 aromatic carbocycles. The third kappa shape index (κ3) is 3.31. The van der Waals surface area contributed by atoms with E-state index < -0.39 is 21.7 Å². The summed E-state index contributed by atoms with van der Waals surface area (Å²) in [6, 6.07) is 3.03. The van der Waals surface area contributed by atoms with Gasteiger partial charge in [-0.2, -0.15) is 5.10 Å². The molecule has 0 radical (unpaired) electrons. The van der Waals surface area contributed by atoms with Gasteiger partial charge in [0.2, 0.25) is 10.0 Å². The second-order valence-corrected chi connectivity index (χ2v) is 5.81. The smallest absolute Gasteiger partial charge is 0.245 e. The van der Waals surface area contributed by atoms with Crippen molar-refractivity contribution >= 4 is 15.8 Å². The molecule has 0 saturated carbocycles. The van der Waals surface area contributed by atoms with E-state index in [1.165, 1.54) is 0 Å². The van der Waals surface area contributed by atoms with Gasteiger partial charge in [-0.1, -0.05) is 0 Å². The molecule has 9 heteroatoms. The highest BCUT2D eigenvalue weighted by atomic mass is 32.2. The van der Waals surface area contributed by atoms with E-state index in [0.29, 0.717) is 5.56 Å². The van der Waals surface area contributed by atoms with Crippen LogP contribution in [0, 0.1) is 11.6 Å². The largest absolute Gasteiger partial charge is 0.383 e. The summed E-state index contributed by atoms with van der Waals surface area (Å²) in [6.07, 6.45) is 1.23. The summed E-state index contributed by atoms with van der Waals surface area (Å²) in [7, 11) is -3.79. The van der Waals surface area contributed by atoms with Crippen molar-refractivity contribution in [3.8, 4) is 0 Å². The molecular formula is C11H12F2N4O2S. The molecule has 1 heterocycles. The quantitative estimate of drug-likeness (QED) is 0.760. The molecule has 20 heavy (non-hydrogen) atoms. The molecule has 0 atom stereocenters. The number of anilines is 1. The van der Waals surface area contributed by atoms with Crippen LogP contribution in [0.25, 0.3) is 0 Å². The lowest BCUT2D eigenvalue weighted by Gasteiger charge is -2.06. The Bertz CT molecular complexity index is 695. The first-order chi connectivity index (χ1) is 9.38. The minimum absolute atomic E-state index is 0.0180. The van der Waals surface area contributed by atoms with Crippen molar-refractivity contribution in [3.63, 3.8) is 0 Å². The van der Waals surface area contributed by atoms with E-state index in [1.807, 2.05) is 0 Å². The summed E-state index contributed by atoms with van der Waals surface area (Å²) in [5.74, 6) is -1.49. The predicted molar refractivity (Wildman–Crippen MR) is 68.3 cm³/mol. The second kappa shape index (κ2) is 5.55. The molecule has 0 aliphatic carbocycles. The molecule has 2 aromatic rings. The Morgan fingerprint density at radius 3 is 2.45 bits per heavy atom. The molecule has 0 saturated heterocycles. The van der Waals surface area contributed by atoms with Crippen molar-refractivity contribution in [3.05, 3.63) is 41.6 Å². The molecule has 0 aliphatic rings. The number of H-pyrrole nitrogens is 1. The van der Waals surface area contributed by atoms with Gasteiger partial charge >= 0.3 is 0 Å². The third-order valence-electron chi connectivity index (χ3n) is 2.55. The van der Waals surface area contributed by atoms with Gasteiger partial charge in [0.1, 0.15) is 22.3 Å². The average Bonchev–Trinajstić information content (AvgIpc) is 2.74. The van der Waals surface area contributed by atoms with Crippen LogP contribution in [-0.4, -0.2) is 25.2 Å². The molecule has 2 rings (SSSR count). The number of nitrogens with zero attached hydrogens (tertiary/aromatic N) is 1. The lowest BCUT2D eigenvalue weighted by Crippen LogP contribution is -2.26. The molecule has 1 aromatic heterocycles. The van der Waals surface area contributed by atoms with Gasteiger partial charge in [0.15, 0.2) is 0 Å². The zero-order chi connectivity index (χ0) is 14.8. The Labute approximate surface area is 114 Å². The van der Waals surface area contributed by atoms with E-state index in [-0.39, 0.29) is 23.7 Å². The molecule has 108 valence electrons. The van der Waals surface area contributed by atoms with Crippen LogP contribution in [0.4, 0.5) is 14.6 Å². The van der Waals surface area contributed by atoms with E-state index in [4.69, 9.17) is 5.73 Å². The first kappa shape index (κ1) is 14.4. The average molecular weight is 302 g/mol. The summed E-state index contributed by atoms with van der Waals surface area (Å²) in [6.45, 7) is -0.0180. The number of rotatable bonds is 5. The number of hydrogen-bond acceptors (Lipinski definition) is 4. The summed E-state index contributed by atoms with van der Waals surface area (Å²) >= 11 is 0. The standard InChI is InChI=1S/C11H12F2N4O2S/c12-8-3-7(4-9(13)5-8)1-2-16-20(18,19)10-6-15-17-11(10)14/h3-6,16H,1-2H2,(H3,14,15,17). The van der Waals surface area contributed by atoms with Crippen molar-refractivity contribution in [2.75, 3.05) is 12.3 Å². The number of benzene rings is 1. The maximum Gasteiger partial charge on any atom is 0.245 e. The van der Waals surface area contributed by atoms with E-state index in [9.17, 15) is 17.2 Å². The van der Waals surface area contributed by atoms with Gasteiger partial charge < -0.3 is 5.73 Å². The van der Waals surface area contributed by atoms with E-state index in [2.05, 4.69) is 14.9 Å². The number of sulfonamides is 1. The van der Waals surface area contributed by atoms with Gasteiger partial charge in [0.05, 0.1) is 6.20 Å². The van der Waals surface area contributed by atoms with Gasteiger partial charge in [-0.05, 0) is 24.1 Å². The summed E-state index contributed by atoms with van der Waals surface area (Å²) < 4.78 is 51.9. The molecule has 0 fully saturated rings. The number of nitrogens with two attached hydrogens (primary N) is 1. The Kier molecular flexibility index (Phi) is 4.00. The predicted octanol–water partition coefficient (Wildman–Crippen LogP) is 0.791. The fourth-order valence-corrected chi connectivity index (χ4v) is 2.71. The highest BCUT2D eigenvalue weighted by Gasteiger charge is 2.18. The number of halogens is 2. The van der Waals surface area contributed by atoms with E-state index in [1.54, 1.807) is 0 Å². The van der Waals surface area contributed by atoms with Crippen molar-refractivity contribution < 1.29 is 17.2 Å². The van der Waals surface area contributed by atoms with Crippen LogP contribution in [0.15, 0.2) is 29.3 Å². The molecule has 0 bridgehead atoms. The van der Waals surface area contributed by atoms with Gasteiger partial charge in [-0.25, -0.2) is 21.9 Å². The maximum absolute atomic E-state index is 13.0. The third-order valence-corrected chi connectivity index (χ3v) is 4.04. The highest BCUT2D eigenvalue weighted by molar-refractivity contribution is 7.89. The van der Waals surface area contributed by atoms with Crippen molar-refractivity contribution in [1.29, 1.82) is 0 Å². The van der Waals surface area contributed by atoms with Crippen molar-refractivity contribution in [2.24, 2.45) is 0 Å². The fraction of sp³-hybridized carbons (Fsp3) is 0.182. The van der Waals surface area contributed by atoms with Crippen LogP contribution >= 0.6 is 0 Å². The lowest BCUT2D eigenvalue weighted by molar-refractivity contribution is 0.576. The molecule has 4 N–H and O–H groups in total. The summed E-state index contributed by atoms with van der Waals surface area (Å²) in [4.78, 5) is -0.164. The SMILES string of the molecule is Nc1[nH]ncc1S(=O)(=O)NCCc1cc(F)cc(F)c1. The topological polar surface area (TPSA) is 101 Å². The van der Waals surface area contributed by atoms with E-state index >= 15 is 0 Å². The van der Waals surface area contributed by atoms with Gasteiger partial charge in [0, 0.05) is 12.6 Å². The number of hydrogen-bond donors (Lipinski definition) is 3. The lowest BCUT2D eigenvalue weighted by atomic mass is 10.1. The van der Waals surface area contributed by atoms with Crippen molar-refractivity contribution in [1.82, 2.24) is 14.9 Å². The Hall–Kier alpha value is -2.00. The van der Waals surface area contributed by atoms with Crippen LogP contribution in [-0.2, 0) is 16.4 Å². The van der Waals surface area contributed by atoms with Crippen LogP contribution in [0.1, 0.15) is 5.56 Å². The molecule has 6 nitrogen and oxygen atoms in total. The second-order valence-electron chi connectivity index (χ2n) is 4.07. The fourth-order valence-electron chi connectivity index (χ4n) is 1.66. The number of aromatic amines is 1. The molecule has 0 spiro atoms. The minimum Gasteiger partial charge on any atom is -0.383 e. The highest BCUT2D eigenvalue weighted by Crippen LogP contribution is 2.14. The first-order valence-corrected chi connectivity index (χ1v) is 7.10. The van der Waals surface area contributed by atoms with Crippen molar-refractivity contribution in [2.45, 2.75) is 11.3 Å². The van der Waals surface area contributed by atoms with Gasteiger partial charge in [-0.15, -0.1) is 0 Å². The molecule has 0 amide bonds. The maximum atomic E-state index is 13.0. The van der Waals surface area contributed by atoms with Gasteiger partial charge in [0.25, 0.3) is 0 Å². The monoisotopic (exact) mass is 302 g/mol. The van der Waals surface area contributed by atoms with Gasteiger partial charge in [-0.3, -0.25) is 5.10 Å². The van der Waals surface area contributed by atoms with Crippen LogP contribution in [0.5, 0.6) is 0 Å². The Morgan fingerprint density at radius 2 is 1.90 bits per heavy atom. The zero-order valence-corrected chi connectivity index (χ0v) is 11.0. The molecule has 0 aliphatic heterocycles. The van der Waals surface area contributed by atoms with Crippen LogP contribution in [0.2, 0.25) is 0 Å². The summed E-state index contributed by atoms with van der Waals surface area (Å²) in [5, 5.41) is 5.82. The molecule has 0 unspecified atom stereocenters. The first-order valence-electron chi connectivity index (χ1n) is 5.62. The molecular weight excluding hydrogens is 290 g/mol. The zero-order valence-electron chi connectivity index (χ0n) is 10.2. The Morgan fingerprint density at radius 1 is 1.25 bits per heavy atom. The minimum atomic E-state index is -3.79. The summed E-state index contributed by atoms with van der Waals surface area (Å²) in [5.41, 5.74) is 5.77. The number of nitrogens with one attached hydrogen (secondary N) is 2. The number of nitrogen functional groups attached to an aromatic ring is 1. The van der Waals surface area contributed by atoms with Crippen LogP contribution in [0.3, 0.4) is 0 Å². The normalized spacial score (nSPS) is 11.7. The van der Waals surface area contributed by atoms with Crippen LogP contribution < -0.4 is 10.5 Å². The number of aromatic nitrogens is 2. The Balaban J connectivity index is 2.01.